The minimum absolute atomic E-state index is 0.335. The van der Waals surface area contributed by atoms with E-state index in [1.807, 2.05) is 18.2 Å². The Labute approximate surface area is 151 Å². The maximum absolute atomic E-state index is 11.9. The zero-order chi connectivity index (χ0) is 17.5. The van der Waals surface area contributed by atoms with Crippen LogP contribution in [0.4, 0.5) is 0 Å². The van der Waals surface area contributed by atoms with Crippen molar-refractivity contribution < 1.29 is 8.98 Å². The normalized spacial score (nSPS) is 10.9. The smallest absolute Gasteiger partial charge is 0.388 e. The topological polar surface area (TPSA) is 51.9 Å². The fourth-order valence-corrected chi connectivity index (χ4v) is 2.78. The average molecular weight is 359 g/mol. The van der Waals surface area contributed by atoms with Crippen molar-refractivity contribution in [3.05, 3.63) is 70.4 Å². The average Bonchev–Trinajstić information content (AvgIpc) is 3.00. The molecule has 0 saturated heterocycles. The van der Waals surface area contributed by atoms with Gasteiger partial charge in [0.25, 0.3) is 0 Å². The number of unbranched alkanes of at least 4 members (excludes halogenated alkanes) is 3. The van der Waals surface area contributed by atoms with E-state index < -0.39 is 5.76 Å². The van der Waals surface area contributed by atoms with Gasteiger partial charge in [-0.25, -0.2) is 9.36 Å². The first-order valence-corrected chi connectivity index (χ1v) is 8.88. The van der Waals surface area contributed by atoms with Gasteiger partial charge in [-0.15, -0.1) is 5.10 Å². The lowest BCUT2D eigenvalue weighted by molar-refractivity contribution is -0.697. The van der Waals surface area contributed by atoms with E-state index in [1.165, 1.54) is 4.68 Å². The van der Waals surface area contributed by atoms with Gasteiger partial charge in [-0.05, 0) is 37.1 Å². The number of benzene rings is 1. The van der Waals surface area contributed by atoms with Crippen LogP contribution in [0, 0.1) is 0 Å². The SMILES string of the molecule is O=c1oc(-c2ccc(Cl)cc2)nn1CCCCCC[n+]1ccccc1. The summed E-state index contributed by atoms with van der Waals surface area (Å²) >= 11 is 5.87. The van der Waals surface area contributed by atoms with Crippen LogP contribution in [-0.2, 0) is 13.1 Å². The fraction of sp³-hybridized carbons (Fsp3) is 0.316. The Morgan fingerprint density at radius 1 is 1.00 bits per heavy atom. The summed E-state index contributed by atoms with van der Waals surface area (Å²) < 4.78 is 8.81. The predicted molar refractivity (Wildman–Crippen MR) is 96.3 cm³/mol. The molecule has 6 heteroatoms. The van der Waals surface area contributed by atoms with Gasteiger partial charge in [0, 0.05) is 35.7 Å². The van der Waals surface area contributed by atoms with Crippen molar-refractivity contribution >= 4 is 11.6 Å². The molecular weight excluding hydrogens is 338 g/mol. The largest absolute Gasteiger partial charge is 0.437 e. The van der Waals surface area contributed by atoms with Crippen LogP contribution in [0.3, 0.4) is 0 Å². The molecule has 0 unspecified atom stereocenters. The van der Waals surface area contributed by atoms with Gasteiger partial charge in [0.1, 0.15) is 6.54 Å². The summed E-state index contributed by atoms with van der Waals surface area (Å²) in [5.74, 6) is -0.0769. The van der Waals surface area contributed by atoms with Crippen LogP contribution < -0.4 is 10.3 Å². The van der Waals surface area contributed by atoms with E-state index in [2.05, 4.69) is 22.1 Å². The van der Waals surface area contributed by atoms with Gasteiger partial charge in [-0.2, -0.15) is 4.68 Å². The monoisotopic (exact) mass is 358 g/mol. The number of halogens is 1. The molecule has 0 radical (unpaired) electrons. The van der Waals surface area contributed by atoms with E-state index >= 15 is 0 Å². The Kier molecular flexibility index (Phi) is 6.01. The molecule has 3 aromatic rings. The Balaban J connectivity index is 1.44. The van der Waals surface area contributed by atoms with E-state index in [0.29, 0.717) is 17.5 Å². The summed E-state index contributed by atoms with van der Waals surface area (Å²) in [6.45, 7) is 1.60. The first-order chi connectivity index (χ1) is 12.2. The Bertz CT molecular complexity index is 841. The van der Waals surface area contributed by atoms with Crippen molar-refractivity contribution in [1.82, 2.24) is 9.78 Å². The lowest BCUT2D eigenvalue weighted by Gasteiger charge is -2.00. The van der Waals surface area contributed by atoms with Crippen LogP contribution in [0.2, 0.25) is 5.02 Å². The molecule has 3 rings (SSSR count). The second-order valence-electron chi connectivity index (χ2n) is 5.93. The maximum Gasteiger partial charge on any atom is 0.437 e. The molecule has 5 nitrogen and oxygen atoms in total. The fourth-order valence-electron chi connectivity index (χ4n) is 2.65. The number of rotatable bonds is 8. The molecule has 25 heavy (non-hydrogen) atoms. The summed E-state index contributed by atoms with van der Waals surface area (Å²) in [4.78, 5) is 11.9. The van der Waals surface area contributed by atoms with Crippen molar-refractivity contribution in [1.29, 1.82) is 0 Å². The van der Waals surface area contributed by atoms with Gasteiger partial charge in [0.15, 0.2) is 12.4 Å². The van der Waals surface area contributed by atoms with Gasteiger partial charge in [0.05, 0.1) is 0 Å². The van der Waals surface area contributed by atoms with Crippen LogP contribution in [0.15, 0.2) is 64.1 Å². The first kappa shape index (κ1) is 17.4. The third-order valence-corrected chi connectivity index (χ3v) is 4.26. The van der Waals surface area contributed by atoms with E-state index in [9.17, 15) is 4.79 Å². The highest BCUT2D eigenvalue weighted by atomic mass is 35.5. The zero-order valence-electron chi connectivity index (χ0n) is 14.0. The van der Waals surface area contributed by atoms with Crippen molar-refractivity contribution in [2.75, 3.05) is 0 Å². The van der Waals surface area contributed by atoms with Crippen molar-refractivity contribution in [2.24, 2.45) is 0 Å². The van der Waals surface area contributed by atoms with Crippen LogP contribution >= 0.6 is 11.6 Å². The van der Waals surface area contributed by atoms with Gasteiger partial charge < -0.3 is 4.42 Å². The molecule has 0 saturated carbocycles. The summed E-state index contributed by atoms with van der Waals surface area (Å²) in [6.07, 6.45) is 8.37. The number of pyridine rings is 1. The molecule has 1 aromatic carbocycles. The molecule has 0 aliphatic rings. The highest BCUT2D eigenvalue weighted by Crippen LogP contribution is 2.18. The molecular formula is C19H21ClN3O2+. The third kappa shape index (κ3) is 5.03. The predicted octanol–water partition coefficient (Wildman–Crippen LogP) is 3.70. The number of nitrogens with zero attached hydrogens (tertiary/aromatic N) is 3. The van der Waals surface area contributed by atoms with Crippen molar-refractivity contribution in [2.45, 2.75) is 38.8 Å². The highest BCUT2D eigenvalue weighted by Gasteiger charge is 2.10. The molecule has 0 atom stereocenters. The first-order valence-electron chi connectivity index (χ1n) is 8.50. The standard InChI is InChI=1S/C19H21ClN3O2/c20-17-10-8-16(9-11-17)18-21-23(19(24)25-18)15-7-2-1-4-12-22-13-5-3-6-14-22/h3,5-6,8-11,13-14H,1-2,4,7,12,15H2/q+1. The molecule has 0 aliphatic carbocycles. The quantitative estimate of drug-likeness (QED) is 0.455. The third-order valence-electron chi connectivity index (χ3n) is 4.01. The lowest BCUT2D eigenvalue weighted by atomic mass is 10.2. The highest BCUT2D eigenvalue weighted by molar-refractivity contribution is 6.30. The van der Waals surface area contributed by atoms with E-state index in [0.717, 1.165) is 37.8 Å². The molecule has 0 fully saturated rings. The van der Waals surface area contributed by atoms with E-state index in [1.54, 1.807) is 24.3 Å². The van der Waals surface area contributed by atoms with Crippen LogP contribution in [0.25, 0.3) is 11.5 Å². The van der Waals surface area contributed by atoms with Crippen LogP contribution in [0.1, 0.15) is 25.7 Å². The van der Waals surface area contributed by atoms with Crippen molar-refractivity contribution in [3.63, 3.8) is 0 Å². The molecule has 2 heterocycles. The minimum Gasteiger partial charge on any atom is -0.388 e. The van der Waals surface area contributed by atoms with Crippen molar-refractivity contribution in [3.8, 4) is 11.5 Å². The van der Waals surface area contributed by atoms with Gasteiger partial charge in [-0.3, -0.25) is 0 Å². The summed E-state index contributed by atoms with van der Waals surface area (Å²) in [5, 5.41) is 4.90. The molecule has 0 bridgehead atoms. The summed E-state index contributed by atoms with van der Waals surface area (Å²) in [6, 6.07) is 13.2. The van der Waals surface area contributed by atoms with E-state index in [-0.39, 0.29) is 0 Å². The van der Waals surface area contributed by atoms with Crippen LogP contribution in [0.5, 0.6) is 0 Å². The second kappa shape index (κ2) is 8.62. The lowest BCUT2D eigenvalue weighted by Crippen LogP contribution is -2.32. The summed E-state index contributed by atoms with van der Waals surface area (Å²) in [5.41, 5.74) is 0.750. The number of aryl methyl sites for hydroxylation is 2. The summed E-state index contributed by atoms with van der Waals surface area (Å²) in [7, 11) is 0. The van der Waals surface area contributed by atoms with Gasteiger partial charge in [-0.1, -0.05) is 24.1 Å². The van der Waals surface area contributed by atoms with Gasteiger partial charge >= 0.3 is 5.76 Å². The molecule has 2 aromatic heterocycles. The second-order valence-corrected chi connectivity index (χ2v) is 6.37. The van der Waals surface area contributed by atoms with Gasteiger partial charge in [0.2, 0.25) is 5.89 Å². The molecule has 0 spiro atoms. The Morgan fingerprint density at radius 3 is 2.48 bits per heavy atom. The molecule has 130 valence electrons. The minimum atomic E-state index is -0.412. The molecule has 0 aliphatic heterocycles. The maximum atomic E-state index is 11.9. The number of aromatic nitrogens is 3. The van der Waals surface area contributed by atoms with Crippen LogP contribution in [-0.4, -0.2) is 9.78 Å². The Morgan fingerprint density at radius 2 is 1.72 bits per heavy atom. The Hall–Kier alpha value is -2.40. The van der Waals surface area contributed by atoms with E-state index in [4.69, 9.17) is 16.0 Å². The molecule has 0 amide bonds. The number of hydrogen-bond donors (Lipinski definition) is 0. The zero-order valence-corrected chi connectivity index (χ0v) is 14.7. The molecule has 0 N–H and O–H groups in total. The number of hydrogen-bond acceptors (Lipinski definition) is 3.